The number of hydrogen-bond donors (Lipinski definition) is 1. The highest BCUT2D eigenvalue weighted by Crippen LogP contribution is 2.30. The van der Waals surface area contributed by atoms with Crippen LogP contribution in [-0.4, -0.2) is 18.0 Å². The lowest BCUT2D eigenvalue weighted by molar-refractivity contribution is 0.102. The standard InChI is InChI=1S/C15H10Cl2N2O2S/c1-21-9-3-5-12-13(7-9)22-15(18-12)19-14(20)8-2-4-10(16)11(17)6-8/h2-7H,1H3,(H,18,19,20). The Morgan fingerprint density at radius 2 is 2.00 bits per heavy atom. The Morgan fingerprint density at radius 3 is 2.73 bits per heavy atom. The van der Waals surface area contributed by atoms with Crippen LogP contribution in [0.2, 0.25) is 10.0 Å². The molecule has 22 heavy (non-hydrogen) atoms. The number of hydrogen-bond acceptors (Lipinski definition) is 4. The van der Waals surface area contributed by atoms with Crippen molar-refractivity contribution in [1.29, 1.82) is 0 Å². The number of fused-ring (bicyclic) bond motifs is 1. The fourth-order valence-corrected chi connectivity index (χ4v) is 3.08. The number of anilines is 1. The second kappa shape index (κ2) is 6.12. The molecule has 7 heteroatoms. The van der Waals surface area contributed by atoms with E-state index in [4.69, 9.17) is 27.9 Å². The number of benzene rings is 2. The summed E-state index contributed by atoms with van der Waals surface area (Å²) in [6.45, 7) is 0. The van der Waals surface area contributed by atoms with E-state index in [9.17, 15) is 4.79 Å². The first kappa shape index (κ1) is 15.1. The lowest BCUT2D eigenvalue weighted by atomic mass is 10.2. The van der Waals surface area contributed by atoms with Gasteiger partial charge in [-0.05, 0) is 36.4 Å². The molecule has 0 aliphatic rings. The van der Waals surface area contributed by atoms with E-state index in [1.165, 1.54) is 17.4 Å². The second-order valence-electron chi connectivity index (χ2n) is 4.44. The van der Waals surface area contributed by atoms with Crippen LogP contribution >= 0.6 is 34.5 Å². The number of nitrogens with one attached hydrogen (secondary N) is 1. The van der Waals surface area contributed by atoms with E-state index in [0.29, 0.717) is 20.7 Å². The molecule has 0 unspecified atom stereocenters. The van der Waals surface area contributed by atoms with Crippen LogP contribution in [0.5, 0.6) is 5.75 Å². The minimum atomic E-state index is -0.287. The Morgan fingerprint density at radius 1 is 1.18 bits per heavy atom. The summed E-state index contributed by atoms with van der Waals surface area (Å²) in [7, 11) is 1.61. The lowest BCUT2D eigenvalue weighted by Gasteiger charge is -2.02. The third kappa shape index (κ3) is 3.02. The van der Waals surface area contributed by atoms with E-state index in [-0.39, 0.29) is 5.91 Å². The molecule has 1 N–H and O–H groups in total. The molecule has 0 radical (unpaired) electrons. The number of nitrogens with zero attached hydrogens (tertiary/aromatic N) is 1. The van der Waals surface area contributed by atoms with Gasteiger partial charge < -0.3 is 4.74 Å². The summed E-state index contributed by atoms with van der Waals surface area (Å²) in [5.41, 5.74) is 1.22. The summed E-state index contributed by atoms with van der Waals surface area (Å²) in [6, 6.07) is 10.3. The summed E-state index contributed by atoms with van der Waals surface area (Å²) >= 11 is 13.1. The van der Waals surface area contributed by atoms with Crippen molar-refractivity contribution in [3.63, 3.8) is 0 Å². The topological polar surface area (TPSA) is 51.2 Å². The minimum absolute atomic E-state index is 0.287. The zero-order valence-electron chi connectivity index (χ0n) is 11.4. The molecule has 1 amide bonds. The van der Waals surface area contributed by atoms with E-state index in [1.807, 2.05) is 18.2 Å². The van der Waals surface area contributed by atoms with Gasteiger partial charge in [-0.3, -0.25) is 10.1 Å². The number of methoxy groups -OCH3 is 1. The summed E-state index contributed by atoms with van der Waals surface area (Å²) in [6.07, 6.45) is 0. The molecule has 3 aromatic rings. The van der Waals surface area contributed by atoms with Crippen LogP contribution in [0.25, 0.3) is 10.2 Å². The molecular formula is C15H10Cl2N2O2S. The van der Waals surface area contributed by atoms with Gasteiger partial charge in [0, 0.05) is 5.56 Å². The number of halogens is 2. The largest absolute Gasteiger partial charge is 0.497 e. The average molecular weight is 353 g/mol. The molecule has 0 atom stereocenters. The third-order valence-electron chi connectivity index (χ3n) is 3.00. The van der Waals surface area contributed by atoms with Gasteiger partial charge in [0.1, 0.15) is 5.75 Å². The number of amides is 1. The van der Waals surface area contributed by atoms with Crippen LogP contribution in [-0.2, 0) is 0 Å². The fraction of sp³-hybridized carbons (Fsp3) is 0.0667. The van der Waals surface area contributed by atoms with Gasteiger partial charge in [0.2, 0.25) is 0 Å². The Hall–Kier alpha value is -1.82. The van der Waals surface area contributed by atoms with Crippen molar-refractivity contribution in [3.05, 3.63) is 52.0 Å². The quantitative estimate of drug-likeness (QED) is 0.731. The molecule has 0 aliphatic carbocycles. The van der Waals surface area contributed by atoms with Gasteiger partial charge in [-0.2, -0.15) is 0 Å². The molecule has 0 fully saturated rings. The van der Waals surface area contributed by atoms with Crippen molar-refractivity contribution < 1.29 is 9.53 Å². The van der Waals surface area contributed by atoms with Crippen molar-refractivity contribution in [2.45, 2.75) is 0 Å². The summed E-state index contributed by atoms with van der Waals surface area (Å²) in [5, 5.41) is 4.02. The number of rotatable bonds is 3. The van der Waals surface area contributed by atoms with Crippen molar-refractivity contribution in [2.24, 2.45) is 0 Å². The van der Waals surface area contributed by atoms with E-state index < -0.39 is 0 Å². The maximum atomic E-state index is 12.2. The number of carbonyl (C=O) groups is 1. The van der Waals surface area contributed by atoms with Crippen molar-refractivity contribution in [2.75, 3.05) is 12.4 Å². The first-order chi connectivity index (χ1) is 10.6. The number of ether oxygens (including phenoxy) is 1. The first-order valence-corrected chi connectivity index (χ1v) is 7.85. The SMILES string of the molecule is COc1ccc2nc(NC(=O)c3ccc(Cl)c(Cl)c3)sc2c1. The monoisotopic (exact) mass is 352 g/mol. The predicted octanol–water partition coefficient (Wildman–Crippen LogP) is 4.86. The van der Waals surface area contributed by atoms with E-state index >= 15 is 0 Å². The van der Waals surface area contributed by atoms with Crippen LogP contribution in [0.15, 0.2) is 36.4 Å². The molecule has 0 saturated heterocycles. The van der Waals surface area contributed by atoms with Crippen molar-refractivity contribution >= 4 is 55.8 Å². The van der Waals surface area contributed by atoms with Gasteiger partial charge >= 0.3 is 0 Å². The molecule has 2 aromatic carbocycles. The Kier molecular flexibility index (Phi) is 4.20. The molecule has 1 heterocycles. The molecule has 0 saturated carbocycles. The van der Waals surface area contributed by atoms with Gasteiger partial charge in [-0.25, -0.2) is 4.98 Å². The van der Waals surface area contributed by atoms with Gasteiger partial charge in [0.05, 0.1) is 27.4 Å². The summed E-state index contributed by atoms with van der Waals surface area (Å²) in [4.78, 5) is 16.6. The van der Waals surface area contributed by atoms with Gasteiger partial charge in [0.15, 0.2) is 5.13 Å². The maximum Gasteiger partial charge on any atom is 0.257 e. The van der Waals surface area contributed by atoms with E-state index in [1.54, 1.807) is 19.2 Å². The zero-order chi connectivity index (χ0) is 15.7. The number of carbonyl (C=O) groups excluding carboxylic acids is 1. The lowest BCUT2D eigenvalue weighted by Crippen LogP contribution is -2.11. The Balaban J connectivity index is 1.85. The molecule has 112 valence electrons. The van der Waals surface area contributed by atoms with Crippen LogP contribution in [0.3, 0.4) is 0 Å². The number of aromatic nitrogens is 1. The van der Waals surface area contributed by atoms with Crippen LogP contribution in [0.1, 0.15) is 10.4 Å². The Labute approximate surface area is 140 Å². The highest BCUT2D eigenvalue weighted by Gasteiger charge is 2.11. The molecule has 0 bridgehead atoms. The molecule has 1 aromatic heterocycles. The van der Waals surface area contributed by atoms with Crippen LogP contribution < -0.4 is 10.1 Å². The minimum Gasteiger partial charge on any atom is -0.497 e. The highest BCUT2D eigenvalue weighted by atomic mass is 35.5. The Bertz CT molecular complexity index is 864. The smallest absolute Gasteiger partial charge is 0.257 e. The second-order valence-corrected chi connectivity index (χ2v) is 6.28. The molecule has 3 rings (SSSR count). The van der Waals surface area contributed by atoms with Crippen molar-refractivity contribution in [3.8, 4) is 5.75 Å². The third-order valence-corrected chi connectivity index (χ3v) is 4.67. The van der Waals surface area contributed by atoms with Crippen LogP contribution in [0, 0.1) is 0 Å². The van der Waals surface area contributed by atoms with E-state index in [2.05, 4.69) is 10.3 Å². The van der Waals surface area contributed by atoms with Crippen molar-refractivity contribution in [1.82, 2.24) is 4.98 Å². The fourth-order valence-electron chi connectivity index (χ4n) is 1.89. The predicted molar refractivity (Wildman–Crippen MR) is 90.6 cm³/mol. The summed E-state index contributed by atoms with van der Waals surface area (Å²) in [5.74, 6) is 0.461. The molecule has 4 nitrogen and oxygen atoms in total. The zero-order valence-corrected chi connectivity index (χ0v) is 13.7. The first-order valence-electron chi connectivity index (χ1n) is 6.28. The maximum absolute atomic E-state index is 12.2. The average Bonchev–Trinajstić information content (AvgIpc) is 2.90. The van der Waals surface area contributed by atoms with Crippen LogP contribution in [0.4, 0.5) is 5.13 Å². The summed E-state index contributed by atoms with van der Waals surface area (Å²) < 4.78 is 6.10. The number of thiazole rings is 1. The van der Waals surface area contributed by atoms with Gasteiger partial charge in [0.25, 0.3) is 5.91 Å². The molecule has 0 spiro atoms. The molecular weight excluding hydrogens is 343 g/mol. The van der Waals surface area contributed by atoms with E-state index in [0.717, 1.165) is 16.0 Å². The highest BCUT2D eigenvalue weighted by molar-refractivity contribution is 7.22. The van der Waals surface area contributed by atoms with Gasteiger partial charge in [-0.1, -0.05) is 34.5 Å². The van der Waals surface area contributed by atoms with Gasteiger partial charge in [-0.15, -0.1) is 0 Å². The normalized spacial score (nSPS) is 10.7. The molecule has 0 aliphatic heterocycles.